The zero-order valence-corrected chi connectivity index (χ0v) is 65.1. The molecule has 16 rings (SSSR count). The van der Waals surface area contributed by atoms with Crippen LogP contribution in [0.3, 0.4) is 0 Å². The summed E-state index contributed by atoms with van der Waals surface area (Å²) >= 11 is 0. The molecule has 8 nitrogen and oxygen atoms in total. The van der Waals surface area contributed by atoms with E-state index in [-0.39, 0.29) is 83.2 Å². The van der Waals surface area contributed by atoms with Gasteiger partial charge in [-0.1, -0.05) is 127 Å². The molecule has 0 unspecified atom stereocenters. The molecule has 0 aliphatic heterocycles. The van der Waals surface area contributed by atoms with Crippen LogP contribution in [0, 0.1) is 13.8 Å². The van der Waals surface area contributed by atoms with Crippen LogP contribution in [0.15, 0.2) is 468 Å². The number of ether oxygens (including phenoxy) is 1. The van der Waals surface area contributed by atoms with Crippen molar-refractivity contribution in [3.63, 3.8) is 0 Å². The summed E-state index contributed by atoms with van der Waals surface area (Å²) in [6, 6.07) is 130. The second kappa shape index (κ2) is 39.5. The minimum Gasteiger partial charge on any atom is -0.508 e. The number of aromatic hydroxyl groups is 7. The number of hydrogen-bond donors (Lipinski definition) is 7. The summed E-state index contributed by atoms with van der Waals surface area (Å²) in [7, 11) is -0.997. The van der Waals surface area contributed by atoms with Gasteiger partial charge in [-0.2, -0.15) is 0 Å². The van der Waals surface area contributed by atoms with Crippen molar-refractivity contribution in [1.29, 1.82) is 0 Å². The molecule has 0 aromatic heterocycles. The largest absolute Gasteiger partial charge is 0.508 e. The molecule has 0 radical (unpaired) electrons. The normalized spacial score (nSPS) is 11.7. The summed E-state index contributed by atoms with van der Waals surface area (Å²) in [5, 5.41) is 67.0. The van der Waals surface area contributed by atoms with E-state index >= 15 is 0 Å². The quantitative estimate of drug-likeness (QED) is 0.0446. The minimum absolute atomic E-state index is 0.0824. The second-order valence-electron chi connectivity index (χ2n) is 25.6. The van der Waals surface area contributed by atoms with E-state index in [4.69, 9.17) is 4.74 Å². The molecule has 15 aromatic rings. The topological polar surface area (TPSA) is 151 Å². The molecule has 0 heterocycles. The van der Waals surface area contributed by atoms with Crippen molar-refractivity contribution in [2.45, 2.75) is 119 Å². The summed E-state index contributed by atoms with van der Waals surface area (Å²) in [5.74, 6) is 2.91. The Bertz CT molecular complexity index is 4920. The van der Waals surface area contributed by atoms with Gasteiger partial charge in [0.15, 0.2) is 73.4 Å². The van der Waals surface area contributed by atoms with Crippen molar-refractivity contribution < 1.29 is 40.5 Å². The second-order valence-corrected chi connectivity index (χ2v) is 35.7. The maximum atomic E-state index is 10.1. The molecule has 7 N–H and O–H groups in total. The number of rotatable bonds is 17. The van der Waals surface area contributed by atoms with Crippen LogP contribution in [-0.2, 0) is 54.5 Å². The van der Waals surface area contributed by atoms with Crippen molar-refractivity contribution in [2.24, 2.45) is 0 Å². The van der Waals surface area contributed by atoms with Gasteiger partial charge in [-0.25, -0.2) is 0 Å². The number of benzene rings is 15. The molecule has 1 aliphatic rings. The lowest BCUT2D eigenvalue weighted by molar-refractivity contribution is 0.210. The van der Waals surface area contributed by atoms with Gasteiger partial charge in [-0.05, 0) is 305 Å². The van der Waals surface area contributed by atoms with Gasteiger partial charge in [-0.3, -0.25) is 0 Å². The fourth-order valence-electron chi connectivity index (χ4n) is 12.3. The molecule has 0 amide bonds. The zero-order chi connectivity index (χ0) is 76.4. The average molecular weight is 1540 g/mol. The van der Waals surface area contributed by atoms with Crippen molar-refractivity contribution in [3.05, 3.63) is 405 Å². The summed E-state index contributed by atoms with van der Waals surface area (Å²) in [4.78, 5) is 18.2. The molecule has 1 aliphatic carbocycles. The van der Waals surface area contributed by atoms with Gasteiger partial charge in [0.1, 0.15) is 46.0 Å². The highest BCUT2D eigenvalue weighted by Gasteiger charge is 2.34. The third-order valence-corrected chi connectivity index (χ3v) is 28.8. The first-order chi connectivity index (χ1) is 53.8. The molecule has 110 heavy (non-hydrogen) atoms. The highest BCUT2D eigenvalue weighted by molar-refractivity contribution is 7.98. The predicted octanol–water partition coefficient (Wildman–Crippen LogP) is 23.8. The van der Waals surface area contributed by atoms with Gasteiger partial charge in [0, 0.05) is 12.1 Å². The smallest absolute Gasteiger partial charge is 0.167 e. The van der Waals surface area contributed by atoms with Crippen molar-refractivity contribution in [3.8, 4) is 46.0 Å². The standard InChI is InChI=1S/C23H23OS.C20H18OS.C18H14O3S.C18H14O2S.C18H14OS/c1-3-11-21(12-4-1)25(22-13-5-2-6-14-22)23-17-15-20(16-18-23)24-19-9-7-8-10-19;1-15-13-19(14-16(2)20(15)21)22(17-9-5-3-6-10-17)18-11-7-4-8-12-18;19-13-1-7-16(8-2-13)22(17-9-3-14(20)4-10-17)18-11-5-15(21)6-12-18;19-14-6-10-17(11-7-14)21(16-4-2-1-3-5-16)18-12-8-15(20)9-13-18;19-15-11-13-18(14-12-15)20(16-7-3-1-4-8-16)17-9-5-2-6-10-17/h1-6,11-19H,7-10H2;3-14H,1-2H3;1-12H,(H2-,19,20,21);1-13H,(H-,19,20);1-14H/q+1;;;;/p+4. The molecule has 0 atom stereocenters. The Balaban J connectivity index is 0.000000128. The summed E-state index contributed by atoms with van der Waals surface area (Å²) in [6.45, 7) is 3.92. The Hall–Kier alpha value is -11.6. The highest BCUT2D eigenvalue weighted by atomic mass is 32.2. The predicted molar refractivity (Wildman–Crippen MR) is 451 cm³/mol. The fraction of sp³-hybridized carbons (Fsp3) is 0.0722. The first kappa shape index (κ1) is 78.0. The van der Waals surface area contributed by atoms with Crippen molar-refractivity contribution in [1.82, 2.24) is 0 Å². The monoisotopic (exact) mass is 1540 g/mol. The van der Waals surface area contributed by atoms with E-state index in [9.17, 15) is 35.7 Å². The van der Waals surface area contributed by atoms with Gasteiger partial charge >= 0.3 is 0 Å². The maximum Gasteiger partial charge on any atom is 0.167 e. The zero-order valence-electron chi connectivity index (χ0n) is 61.0. The van der Waals surface area contributed by atoms with Crippen LogP contribution in [0.1, 0.15) is 36.8 Å². The summed E-state index contributed by atoms with van der Waals surface area (Å²) in [5.41, 5.74) is 1.86. The maximum absolute atomic E-state index is 10.1. The van der Waals surface area contributed by atoms with Gasteiger partial charge in [0.05, 0.1) is 60.6 Å². The molecule has 548 valence electrons. The van der Waals surface area contributed by atoms with E-state index in [1.807, 2.05) is 129 Å². The third-order valence-electron chi connectivity index (χ3n) is 17.7. The minimum atomic E-state index is -0.373. The Kier molecular flexibility index (Phi) is 28.0. The number of hydrogen-bond acceptors (Lipinski definition) is 8. The molecular formula is C97H87O8S5+5. The van der Waals surface area contributed by atoms with Crippen molar-refractivity contribution >= 4 is 54.5 Å². The van der Waals surface area contributed by atoms with Crippen LogP contribution in [0.2, 0.25) is 0 Å². The molecule has 1 saturated carbocycles. The molecule has 0 spiro atoms. The van der Waals surface area contributed by atoms with Crippen LogP contribution in [0.25, 0.3) is 0 Å². The van der Waals surface area contributed by atoms with Crippen molar-refractivity contribution in [2.75, 3.05) is 0 Å². The molecule has 1 fully saturated rings. The number of phenolic OH excluding ortho intramolecular Hbond substituents is 7. The Morgan fingerprint density at radius 3 is 0.564 bits per heavy atom. The first-order valence-electron chi connectivity index (χ1n) is 36.2. The van der Waals surface area contributed by atoms with Crippen LogP contribution < -0.4 is 4.74 Å². The Morgan fingerprint density at radius 2 is 0.373 bits per heavy atom. The summed E-state index contributed by atoms with van der Waals surface area (Å²) in [6.07, 6.45) is 5.40. The van der Waals surface area contributed by atoms with E-state index in [1.54, 1.807) is 72.8 Å². The van der Waals surface area contributed by atoms with Crippen LogP contribution in [0.5, 0.6) is 46.0 Å². The average Bonchev–Trinajstić information content (AvgIpc) is 0.859. The lowest BCUT2D eigenvalue weighted by Gasteiger charge is -2.13. The molecular weight excluding hydrogens is 1450 g/mol. The van der Waals surface area contributed by atoms with E-state index in [0.717, 1.165) is 41.4 Å². The Morgan fingerprint density at radius 1 is 0.209 bits per heavy atom. The van der Waals surface area contributed by atoms with E-state index in [1.165, 1.54) is 74.6 Å². The SMILES string of the molecule is Cc1cc([S+](c2ccccc2)c2ccccc2)cc(C)c1O.Oc1ccc([S+](c2ccc(O)cc2)c2ccc(O)cc2)cc1.Oc1ccc([S+](c2ccccc2)c2ccc(O)cc2)cc1.Oc1ccc([S+](c2ccccc2)c2ccccc2)cc1.c1ccc([S+](c2ccccc2)c2ccc(OC3CCCC3)cc2)cc1. The summed E-state index contributed by atoms with van der Waals surface area (Å²) < 4.78 is 6.12. The van der Waals surface area contributed by atoms with Crippen LogP contribution >= 0.6 is 0 Å². The fourth-order valence-corrected chi connectivity index (χ4v) is 22.9. The van der Waals surface area contributed by atoms with E-state index in [2.05, 4.69) is 206 Å². The molecule has 13 heteroatoms. The van der Waals surface area contributed by atoms with E-state index in [0.29, 0.717) is 17.6 Å². The van der Waals surface area contributed by atoms with Crippen LogP contribution in [0.4, 0.5) is 0 Å². The molecule has 15 aromatic carbocycles. The highest BCUT2D eigenvalue weighted by Crippen LogP contribution is 2.39. The van der Waals surface area contributed by atoms with Gasteiger partial charge in [-0.15, -0.1) is 0 Å². The lowest BCUT2D eigenvalue weighted by Crippen LogP contribution is -2.11. The van der Waals surface area contributed by atoms with Gasteiger partial charge in [0.25, 0.3) is 0 Å². The number of aryl methyl sites for hydroxylation is 2. The van der Waals surface area contributed by atoms with Gasteiger partial charge < -0.3 is 40.5 Å². The Labute approximate surface area is 660 Å². The van der Waals surface area contributed by atoms with E-state index < -0.39 is 0 Å². The van der Waals surface area contributed by atoms with Gasteiger partial charge in [0.2, 0.25) is 0 Å². The van der Waals surface area contributed by atoms with Crippen LogP contribution in [-0.4, -0.2) is 41.8 Å². The first-order valence-corrected chi connectivity index (χ1v) is 42.3. The molecule has 0 saturated heterocycles. The third kappa shape index (κ3) is 21.7. The lowest BCUT2D eigenvalue weighted by atomic mass is 10.1. The number of phenols is 7. The molecule has 0 bridgehead atoms.